The van der Waals surface area contributed by atoms with Gasteiger partial charge < -0.3 is 0 Å². The van der Waals surface area contributed by atoms with Gasteiger partial charge >= 0.3 is 6.18 Å². The summed E-state index contributed by atoms with van der Waals surface area (Å²) in [5, 5.41) is 0. The lowest BCUT2D eigenvalue weighted by Crippen LogP contribution is -2.16. The molecular weight excluding hydrogens is 328 g/mol. The second-order valence-corrected chi connectivity index (χ2v) is 5.86. The molecule has 1 aliphatic heterocycles. The van der Waals surface area contributed by atoms with Crippen molar-refractivity contribution in [3.63, 3.8) is 0 Å². The highest BCUT2D eigenvalue weighted by molar-refractivity contribution is 9.10. The molecule has 101 valence electrons. The van der Waals surface area contributed by atoms with Crippen molar-refractivity contribution in [3.05, 3.63) is 63.6 Å². The number of hydrogen-bond acceptors (Lipinski definition) is 0. The van der Waals surface area contributed by atoms with Crippen molar-refractivity contribution in [2.75, 3.05) is 0 Å². The number of fused-ring (bicyclic) bond motifs is 1. The molecule has 0 fully saturated rings. The zero-order chi connectivity index (χ0) is 14.3. The SMILES string of the molecule is FC(F)(F)c1ccc2c(c1)CC(c1cccc(Br)c1)[B]2. The first-order valence-corrected chi connectivity index (χ1v) is 7.03. The van der Waals surface area contributed by atoms with E-state index < -0.39 is 11.7 Å². The number of hydrogen-bond donors (Lipinski definition) is 0. The maximum atomic E-state index is 12.7. The summed E-state index contributed by atoms with van der Waals surface area (Å²) in [6.45, 7) is 0. The number of benzene rings is 2. The van der Waals surface area contributed by atoms with E-state index in [1.165, 1.54) is 6.07 Å². The van der Waals surface area contributed by atoms with Crippen LogP contribution in [0.1, 0.15) is 22.5 Å². The molecule has 0 amide bonds. The molecule has 0 spiro atoms. The Morgan fingerprint density at radius 3 is 2.60 bits per heavy atom. The standard InChI is InChI=1S/C15H10BBrF3/c17-12-3-1-2-9(7-12)14-8-10-6-11(15(18,19)20)4-5-13(10)16-14/h1-7,14H,8H2. The zero-order valence-electron chi connectivity index (χ0n) is 10.4. The fraction of sp³-hybridized carbons (Fsp3) is 0.200. The minimum absolute atomic E-state index is 0.144. The Balaban J connectivity index is 1.89. The van der Waals surface area contributed by atoms with Crippen LogP contribution in [-0.2, 0) is 12.6 Å². The highest BCUT2D eigenvalue weighted by atomic mass is 79.9. The van der Waals surface area contributed by atoms with Gasteiger partial charge in [-0.05, 0) is 30.4 Å². The Kier molecular flexibility index (Phi) is 3.40. The molecule has 0 N–H and O–H groups in total. The monoisotopic (exact) mass is 337 g/mol. The summed E-state index contributed by atoms with van der Waals surface area (Å²) in [5.41, 5.74) is 2.22. The van der Waals surface area contributed by atoms with Crippen LogP contribution >= 0.6 is 15.9 Å². The van der Waals surface area contributed by atoms with Crippen LogP contribution in [0.2, 0.25) is 0 Å². The van der Waals surface area contributed by atoms with E-state index >= 15 is 0 Å². The predicted molar refractivity (Wildman–Crippen MR) is 77.4 cm³/mol. The molecular formula is C15H10BBrF3. The molecule has 1 radical (unpaired) electrons. The lowest BCUT2D eigenvalue weighted by atomic mass is 9.61. The maximum absolute atomic E-state index is 12.7. The smallest absolute Gasteiger partial charge is 0.166 e. The molecule has 1 atom stereocenters. The molecule has 20 heavy (non-hydrogen) atoms. The van der Waals surface area contributed by atoms with Crippen molar-refractivity contribution >= 4 is 28.7 Å². The second kappa shape index (κ2) is 4.95. The summed E-state index contributed by atoms with van der Waals surface area (Å²) in [4.78, 5) is 0. The van der Waals surface area contributed by atoms with E-state index in [-0.39, 0.29) is 5.82 Å². The highest BCUT2D eigenvalue weighted by Gasteiger charge is 2.33. The van der Waals surface area contributed by atoms with Gasteiger partial charge in [-0.2, -0.15) is 13.2 Å². The van der Waals surface area contributed by atoms with E-state index in [1.54, 1.807) is 6.07 Å². The van der Waals surface area contributed by atoms with Crippen LogP contribution in [0.5, 0.6) is 0 Å². The fourth-order valence-corrected chi connectivity index (χ4v) is 3.00. The third kappa shape index (κ3) is 2.64. The van der Waals surface area contributed by atoms with Crippen LogP contribution < -0.4 is 5.46 Å². The van der Waals surface area contributed by atoms with Crippen LogP contribution in [0.15, 0.2) is 46.9 Å². The number of rotatable bonds is 1. The van der Waals surface area contributed by atoms with E-state index in [0.29, 0.717) is 6.42 Å². The van der Waals surface area contributed by atoms with Crippen molar-refractivity contribution in [1.29, 1.82) is 0 Å². The van der Waals surface area contributed by atoms with Gasteiger partial charge in [-0.1, -0.05) is 56.8 Å². The average molecular weight is 338 g/mol. The number of halogens is 4. The van der Waals surface area contributed by atoms with Crippen molar-refractivity contribution in [2.45, 2.75) is 18.4 Å². The van der Waals surface area contributed by atoms with Gasteiger partial charge in [0.05, 0.1) is 5.56 Å². The van der Waals surface area contributed by atoms with Crippen LogP contribution in [0.3, 0.4) is 0 Å². The zero-order valence-corrected chi connectivity index (χ0v) is 12.0. The highest BCUT2D eigenvalue weighted by Crippen LogP contribution is 2.32. The van der Waals surface area contributed by atoms with Gasteiger partial charge in [0.2, 0.25) is 0 Å². The normalized spacial score (nSPS) is 17.7. The first-order valence-electron chi connectivity index (χ1n) is 6.24. The summed E-state index contributed by atoms with van der Waals surface area (Å²) in [6, 6.07) is 11.9. The molecule has 1 heterocycles. The van der Waals surface area contributed by atoms with Crippen molar-refractivity contribution in [1.82, 2.24) is 0 Å². The molecule has 0 bridgehead atoms. The molecule has 2 aromatic carbocycles. The van der Waals surface area contributed by atoms with Crippen LogP contribution in [0.25, 0.3) is 0 Å². The molecule has 0 saturated carbocycles. The van der Waals surface area contributed by atoms with E-state index in [4.69, 9.17) is 0 Å². The molecule has 0 saturated heterocycles. The molecule has 0 aliphatic carbocycles. The molecule has 2 aromatic rings. The van der Waals surface area contributed by atoms with E-state index in [2.05, 4.69) is 15.9 Å². The molecule has 0 aromatic heterocycles. The van der Waals surface area contributed by atoms with E-state index in [1.807, 2.05) is 31.5 Å². The summed E-state index contributed by atoms with van der Waals surface area (Å²) in [7, 11) is 2.04. The lowest BCUT2D eigenvalue weighted by Gasteiger charge is -2.09. The maximum Gasteiger partial charge on any atom is 0.416 e. The van der Waals surface area contributed by atoms with Gasteiger partial charge in [0.15, 0.2) is 7.28 Å². The largest absolute Gasteiger partial charge is 0.416 e. The molecule has 0 nitrogen and oxygen atoms in total. The van der Waals surface area contributed by atoms with Crippen LogP contribution in [-0.4, -0.2) is 7.28 Å². The summed E-state index contributed by atoms with van der Waals surface area (Å²) in [5.74, 6) is 0.144. The Hall–Kier alpha value is -1.23. The Bertz CT molecular complexity index is 652. The minimum atomic E-state index is -4.27. The van der Waals surface area contributed by atoms with Crippen LogP contribution in [0, 0.1) is 0 Å². The van der Waals surface area contributed by atoms with E-state index in [0.717, 1.165) is 27.1 Å². The fourth-order valence-electron chi connectivity index (χ4n) is 2.59. The molecule has 5 heteroatoms. The van der Waals surface area contributed by atoms with Crippen molar-refractivity contribution in [2.24, 2.45) is 0 Å². The van der Waals surface area contributed by atoms with Gasteiger partial charge in [-0.3, -0.25) is 0 Å². The number of alkyl halides is 3. The van der Waals surface area contributed by atoms with Gasteiger partial charge in [0.1, 0.15) is 0 Å². The third-order valence-corrected chi connectivity index (χ3v) is 4.06. The summed E-state index contributed by atoms with van der Waals surface area (Å²) < 4.78 is 39.1. The average Bonchev–Trinajstić information content (AvgIpc) is 2.80. The van der Waals surface area contributed by atoms with Crippen molar-refractivity contribution in [3.8, 4) is 0 Å². The van der Waals surface area contributed by atoms with Gasteiger partial charge in [-0.15, -0.1) is 0 Å². The Labute approximate surface area is 124 Å². The third-order valence-electron chi connectivity index (χ3n) is 3.57. The molecule has 1 unspecified atom stereocenters. The first kappa shape index (κ1) is 13.7. The minimum Gasteiger partial charge on any atom is -0.166 e. The first-order chi connectivity index (χ1) is 9.43. The van der Waals surface area contributed by atoms with Crippen LogP contribution in [0.4, 0.5) is 13.2 Å². The van der Waals surface area contributed by atoms with Crippen molar-refractivity contribution < 1.29 is 13.2 Å². The Morgan fingerprint density at radius 2 is 1.90 bits per heavy atom. The van der Waals surface area contributed by atoms with Gasteiger partial charge in [0.25, 0.3) is 0 Å². The van der Waals surface area contributed by atoms with E-state index in [9.17, 15) is 13.2 Å². The second-order valence-electron chi connectivity index (χ2n) is 4.94. The predicted octanol–water partition coefficient (Wildman–Crippen LogP) is 4.09. The lowest BCUT2D eigenvalue weighted by molar-refractivity contribution is -0.137. The molecule has 1 aliphatic rings. The topological polar surface area (TPSA) is 0 Å². The summed E-state index contributed by atoms with van der Waals surface area (Å²) >= 11 is 3.42. The summed E-state index contributed by atoms with van der Waals surface area (Å²) in [6.07, 6.45) is -3.65. The Morgan fingerprint density at radius 1 is 1.10 bits per heavy atom. The van der Waals surface area contributed by atoms with Gasteiger partial charge in [-0.25, -0.2) is 0 Å². The quantitative estimate of drug-likeness (QED) is 0.687. The van der Waals surface area contributed by atoms with Gasteiger partial charge in [0, 0.05) is 4.47 Å². The molecule has 3 rings (SSSR count).